The highest BCUT2D eigenvalue weighted by molar-refractivity contribution is 7.13. The maximum atomic E-state index is 11.9. The minimum Gasteiger partial charge on any atom is -0.465 e. The Morgan fingerprint density at radius 2 is 2.44 bits per heavy atom. The molecule has 0 spiro atoms. The molecule has 0 aromatic carbocycles. The van der Waals surface area contributed by atoms with Crippen LogP contribution in [0.1, 0.15) is 25.7 Å². The molecule has 0 unspecified atom stereocenters. The van der Waals surface area contributed by atoms with Crippen molar-refractivity contribution < 1.29 is 14.1 Å². The molecule has 0 amide bonds. The van der Waals surface area contributed by atoms with Crippen molar-refractivity contribution >= 4 is 17.3 Å². The van der Waals surface area contributed by atoms with Crippen LogP contribution < -0.4 is 0 Å². The highest BCUT2D eigenvalue weighted by atomic mass is 32.1. The summed E-state index contributed by atoms with van der Waals surface area (Å²) in [4.78, 5) is 20.9. The van der Waals surface area contributed by atoms with E-state index in [0.717, 1.165) is 4.88 Å². The molecular weight excluding hydrogens is 254 g/mol. The van der Waals surface area contributed by atoms with Gasteiger partial charge in [-0.3, -0.25) is 9.78 Å². The van der Waals surface area contributed by atoms with Gasteiger partial charge in [-0.05, 0) is 19.8 Å². The van der Waals surface area contributed by atoms with Gasteiger partial charge in [-0.25, -0.2) is 0 Å². The van der Waals surface area contributed by atoms with Crippen LogP contribution in [0.25, 0.3) is 10.7 Å². The largest absolute Gasteiger partial charge is 0.465 e. The van der Waals surface area contributed by atoms with Crippen molar-refractivity contribution in [2.24, 2.45) is 0 Å². The van der Waals surface area contributed by atoms with Gasteiger partial charge >= 0.3 is 5.97 Å². The van der Waals surface area contributed by atoms with E-state index < -0.39 is 5.41 Å². The van der Waals surface area contributed by atoms with Gasteiger partial charge in [0.15, 0.2) is 0 Å². The molecule has 7 heteroatoms. The van der Waals surface area contributed by atoms with E-state index in [1.54, 1.807) is 18.6 Å². The molecule has 2 aromatic rings. The van der Waals surface area contributed by atoms with Crippen LogP contribution in [0.3, 0.4) is 0 Å². The molecule has 0 saturated heterocycles. The van der Waals surface area contributed by atoms with Crippen LogP contribution in [0.2, 0.25) is 0 Å². The quantitative estimate of drug-likeness (QED) is 0.784. The van der Waals surface area contributed by atoms with Gasteiger partial charge in [-0.2, -0.15) is 4.98 Å². The van der Waals surface area contributed by atoms with Crippen LogP contribution in [0, 0.1) is 0 Å². The second kappa shape index (κ2) is 4.16. The number of esters is 1. The number of nitrogens with zero attached hydrogens (tertiary/aromatic N) is 3. The van der Waals surface area contributed by atoms with E-state index in [1.807, 2.05) is 0 Å². The molecule has 3 rings (SSSR count). The van der Waals surface area contributed by atoms with Gasteiger partial charge in [0.25, 0.3) is 0 Å². The Morgan fingerprint density at radius 1 is 1.61 bits per heavy atom. The third kappa shape index (κ3) is 1.71. The SMILES string of the molecule is CCOC(=O)C1(c2nc(-c3cncs3)no2)CC1. The van der Waals surface area contributed by atoms with E-state index in [1.165, 1.54) is 11.3 Å². The van der Waals surface area contributed by atoms with Crippen LogP contribution in [0.5, 0.6) is 0 Å². The van der Waals surface area contributed by atoms with Crippen molar-refractivity contribution in [1.29, 1.82) is 0 Å². The zero-order valence-electron chi connectivity index (χ0n) is 9.75. The van der Waals surface area contributed by atoms with Gasteiger partial charge in [-0.1, -0.05) is 5.16 Å². The lowest BCUT2D eigenvalue weighted by Gasteiger charge is -2.07. The van der Waals surface area contributed by atoms with Crippen LogP contribution in [0.15, 0.2) is 16.2 Å². The van der Waals surface area contributed by atoms with Gasteiger partial charge in [-0.15, -0.1) is 11.3 Å². The average molecular weight is 265 g/mol. The summed E-state index contributed by atoms with van der Waals surface area (Å²) in [5.41, 5.74) is 0.996. The van der Waals surface area contributed by atoms with Gasteiger partial charge in [0, 0.05) is 6.20 Å². The zero-order chi connectivity index (χ0) is 12.6. The summed E-state index contributed by atoms with van der Waals surface area (Å²) in [5, 5.41) is 3.88. The zero-order valence-corrected chi connectivity index (χ0v) is 10.6. The second-order valence-corrected chi connectivity index (χ2v) is 4.98. The van der Waals surface area contributed by atoms with Crippen molar-refractivity contribution in [2.75, 3.05) is 6.61 Å². The molecule has 1 fully saturated rings. The molecule has 94 valence electrons. The van der Waals surface area contributed by atoms with Crippen LogP contribution in [0.4, 0.5) is 0 Å². The molecule has 1 aliphatic rings. The first kappa shape index (κ1) is 11.3. The topological polar surface area (TPSA) is 78.1 Å². The van der Waals surface area contributed by atoms with Crippen LogP contribution >= 0.6 is 11.3 Å². The number of carbonyl (C=O) groups excluding carboxylic acids is 1. The lowest BCUT2D eigenvalue weighted by molar-refractivity contribution is -0.146. The first-order valence-electron chi connectivity index (χ1n) is 5.66. The third-order valence-electron chi connectivity index (χ3n) is 2.90. The molecule has 0 atom stereocenters. The number of aromatic nitrogens is 3. The highest BCUT2D eigenvalue weighted by Gasteiger charge is 2.57. The Hall–Kier alpha value is -1.76. The number of hydrogen-bond donors (Lipinski definition) is 0. The van der Waals surface area contributed by atoms with E-state index in [9.17, 15) is 4.79 Å². The van der Waals surface area contributed by atoms with E-state index in [-0.39, 0.29) is 5.97 Å². The van der Waals surface area contributed by atoms with Gasteiger partial charge < -0.3 is 9.26 Å². The lowest BCUT2D eigenvalue weighted by Crippen LogP contribution is -2.23. The van der Waals surface area contributed by atoms with Crippen molar-refractivity contribution in [3.63, 3.8) is 0 Å². The highest BCUT2D eigenvalue weighted by Crippen LogP contribution is 2.48. The summed E-state index contributed by atoms with van der Waals surface area (Å²) in [7, 11) is 0. The number of hydrogen-bond acceptors (Lipinski definition) is 7. The Kier molecular flexibility index (Phi) is 2.62. The summed E-state index contributed by atoms with van der Waals surface area (Å²) in [6.45, 7) is 2.14. The minimum atomic E-state index is -0.702. The summed E-state index contributed by atoms with van der Waals surface area (Å²) >= 11 is 1.43. The molecule has 18 heavy (non-hydrogen) atoms. The van der Waals surface area contributed by atoms with Crippen molar-refractivity contribution in [3.8, 4) is 10.7 Å². The Labute approximate surface area is 107 Å². The molecule has 0 N–H and O–H groups in total. The minimum absolute atomic E-state index is 0.274. The molecule has 0 aliphatic heterocycles. The number of thiazole rings is 1. The molecule has 2 heterocycles. The number of rotatable bonds is 4. The van der Waals surface area contributed by atoms with Crippen LogP contribution in [-0.2, 0) is 14.9 Å². The fraction of sp³-hybridized carbons (Fsp3) is 0.455. The molecule has 1 saturated carbocycles. The standard InChI is InChI=1S/C11H11N3O3S/c1-2-16-10(15)11(3-4-11)9-13-8(14-17-9)7-5-12-6-18-7/h5-6H,2-4H2,1H3. The van der Waals surface area contributed by atoms with Crippen molar-refractivity contribution in [3.05, 3.63) is 17.6 Å². The predicted molar refractivity (Wildman–Crippen MR) is 63.0 cm³/mol. The molecule has 2 aromatic heterocycles. The first-order chi connectivity index (χ1) is 8.76. The Bertz CT molecular complexity index is 560. The summed E-state index contributed by atoms with van der Waals surface area (Å²) in [6.07, 6.45) is 3.08. The van der Waals surface area contributed by atoms with Gasteiger partial charge in [0.1, 0.15) is 5.41 Å². The molecule has 0 radical (unpaired) electrons. The summed E-state index contributed by atoms with van der Waals surface area (Å²) in [5.74, 6) is 0.553. The lowest BCUT2D eigenvalue weighted by atomic mass is 10.1. The Balaban J connectivity index is 1.88. The third-order valence-corrected chi connectivity index (χ3v) is 3.67. The molecular formula is C11H11N3O3S. The van der Waals surface area contributed by atoms with E-state index in [2.05, 4.69) is 15.1 Å². The first-order valence-corrected chi connectivity index (χ1v) is 6.54. The maximum Gasteiger partial charge on any atom is 0.321 e. The molecule has 0 bridgehead atoms. The molecule has 6 nitrogen and oxygen atoms in total. The van der Waals surface area contributed by atoms with Crippen molar-refractivity contribution in [1.82, 2.24) is 15.1 Å². The van der Waals surface area contributed by atoms with Gasteiger partial charge in [0.2, 0.25) is 11.7 Å². The monoisotopic (exact) mass is 265 g/mol. The fourth-order valence-electron chi connectivity index (χ4n) is 1.74. The van der Waals surface area contributed by atoms with E-state index in [4.69, 9.17) is 9.26 Å². The summed E-state index contributed by atoms with van der Waals surface area (Å²) < 4.78 is 10.2. The average Bonchev–Trinajstić information content (AvgIpc) is 2.83. The summed E-state index contributed by atoms with van der Waals surface area (Å²) in [6, 6.07) is 0. The normalized spacial score (nSPS) is 16.5. The predicted octanol–water partition coefficient (Wildman–Crippen LogP) is 1.79. The second-order valence-electron chi connectivity index (χ2n) is 4.09. The molecule has 1 aliphatic carbocycles. The number of ether oxygens (including phenoxy) is 1. The fourth-order valence-corrected chi connectivity index (χ4v) is 2.29. The smallest absolute Gasteiger partial charge is 0.321 e. The van der Waals surface area contributed by atoms with E-state index >= 15 is 0 Å². The van der Waals surface area contributed by atoms with Gasteiger partial charge in [0.05, 0.1) is 17.0 Å². The van der Waals surface area contributed by atoms with Crippen molar-refractivity contribution in [2.45, 2.75) is 25.2 Å². The maximum absolute atomic E-state index is 11.9. The van der Waals surface area contributed by atoms with Crippen LogP contribution in [-0.4, -0.2) is 27.7 Å². The Morgan fingerprint density at radius 3 is 3.06 bits per heavy atom. The number of carbonyl (C=O) groups is 1. The van der Waals surface area contributed by atoms with E-state index in [0.29, 0.717) is 31.2 Å².